The summed E-state index contributed by atoms with van der Waals surface area (Å²) in [6.45, 7) is 2.72. The minimum absolute atomic E-state index is 0.0779. The van der Waals surface area contributed by atoms with Crippen molar-refractivity contribution < 1.29 is 23.2 Å². The third kappa shape index (κ3) is 4.03. The first-order valence-electron chi connectivity index (χ1n) is 13.9. The molecule has 2 fully saturated rings. The van der Waals surface area contributed by atoms with Crippen molar-refractivity contribution in [1.82, 2.24) is 14.8 Å². The highest BCUT2D eigenvalue weighted by atomic mass is 19.1. The number of pyridine rings is 1. The van der Waals surface area contributed by atoms with E-state index in [9.17, 15) is 23.2 Å². The zero-order chi connectivity index (χ0) is 28.5. The number of piperazine rings is 1. The van der Waals surface area contributed by atoms with Gasteiger partial charge in [0.05, 0.1) is 17.0 Å². The fourth-order valence-corrected chi connectivity index (χ4v) is 7.25. The van der Waals surface area contributed by atoms with E-state index in [1.165, 1.54) is 17.0 Å². The summed E-state index contributed by atoms with van der Waals surface area (Å²) in [4.78, 5) is 48.0. The molecule has 0 radical (unpaired) electrons. The molecule has 3 aromatic rings. The van der Waals surface area contributed by atoms with Crippen LogP contribution >= 0.6 is 0 Å². The second-order valence-electron chi connectivity index (χ2n) is 11.8. The van der Waals surface area contributed by atoms with Crippen LogP contribution in [0, 0.1) is 11.6 Å². The van der Waals surface area contributed by atoms with Gasteiger partial charge in [-0.05, 0) is 86.2 Å². The minimum atomic E-state index is -0.752. The van der Waals surface area contributed by atoms with E-state index in [0.717, 1.165) is 29.2 Å². The van der Waals surface area contributed by atoms with E-state index >= 15 is 0 Å². The number of halogens is 2. The smallest absolute Gasteiger partial charge is 0.244 e. The molecule has 2 aromatic carbocycles. The summed E-state index contributed by atoms with van der Waals surface area (Å²) >= 11 is 0. The number of carbonyl (C=O) groups is 3. The Balaban J connectivity index is 1.13. The Morgan fingerprint density at radius 3 is 2.68 bits per heavy atom. The molecular formula is C31H29F2N5O3. The van der Waals surface area contributed by atoms with Crippen molar-refractivity contribution >= 4 is 29.2 Å². The largest absolute Gasteiger partial charge is 0.325 e. The maximum absolute atomic E-state index is 14.2. The van der Waals surface area contributed by atoms with Gasteiger partial charge in [-0.2, -0.15) is 0 Å². The van der Waals surface area contributed by atoms with E-state index < -0.39 is 34.5 Å². The average molecular weight is 558 g/mol. The van der Waals surface area contributed by atoms with Gasteiger partial charge < -0.3 is 15.5 Å². The number of hydrogen-bond donors (Lipinski definition) is 2. The van der Waals surface area contributed by atoms with E-state index in [-0.39, 0.29) is 18.4 Å². The number of rotatable bonds is 4. The van der Waals surface area contributed by atoms with Gasteiger partial charge in [0.1, 0.15) is 24.0 Å². The highest BCUT2D eigenvalue weighted by Crippen LogP contribution is 2.47. The van der Waals surface area contributed by atoms with Crippen LogP contribution in [0.15, 0.2) is 54.7 Å². The number of hydrogen-bond acceptors (Lipinski definition) is 5. The van der Waals surface area contributed by atoms with Gasteiger partial charge in [-0.25, -0.2) is 13.8 Å². The molecule has 210 valence electrons. The zero-order valence-electron chi connectivity index (χ0n) is 22.5. The van der Waals surface area contributed by atoms with Crippen molar-refractivity contribution in [2.75, 3.05) is 30.3 Å². The van der Waals surface area contributed by atoms with Crippen LogP contribution in [-0.4, -0.2) is 57.7 Å². The molecule has 0 saturated carbocycles. The summed E-state index contributed by atoms with van der Waals surface area (Å²) in [5, 5.41) is 5.81. The Kier molecular flexibility index (Phi) is 5.76. The number of amides is 3. The Hall–Kier alpha value is -4.18. The van der Waals surface area contributed by atoms with E-state index in [2.05, 4.69) is 20.5 Å². The third-order valence-electron chi connectivity index (χ3n) is 9.33. The number of nitrogens with zero attached hydrogens (tertiary/aromatic N) is 3. The number of aromatic nitrogens is 1. The first-order valence-corrected chi connectivity index (χ1v) is 13.9. The van der Waals surface area contributed by atoms with Gasteiger partial charge in [0, 0.05) is 30.1 Å². The molecule has 1 aromatic heterocycles. The highest BCUT2D eigenvalue weighted by Gasteiger charge is 2.53. The lowest BCUT2D eigenvalue weighted by atomic mass is 9.79. The molecule has 1 spiro atoms. The van der Waals surface area contributed by atoms with E-state index in [1.807, 2.05) is 31.2 Å². The van der Waals surface area contributed by atoms with Gasteiger partial charge in [0.2, 0.25) is 17.7 Å². The van der Waals surface area contributed by atoms with E-state index in [1.54, 1.807) is 12.3 Å². The molecule has 3 amide bonds. The lowest BCUT2D eigenvalue weighted by Crippen LogP contribution is -2.63. The third-order valence-corrected chi connectivity index (χ3v) is 9.33. The fraction of sp³-hybridized carbons (Fsp3) is 0.355. The quantitative estimate of drug-likeness (QED) is 0.510. The predicted molar refractivity (Wildman–Crippen MR) is 147 cm³/mol. The molecule has 2 N–H and O–H groups in total. The minimum Gasteiger partial charge on any atom is -0.325 e. The normalized spacial score (nSPS) is 26.6. The maximum Gasteiger partial charge on any atom is 0.244 e. The summed E-state index contributed by atoms with van der Waals surface area (Å²) in [5.74, 6) is -1.57. The van der Waals surface area contributed by atoms with Gasteiger partial charge in [-0.3, -0.25) is 19.3 Å². The number of fused-ring (bicyclic) bond motifs is 4. The fourth-order valence-electron chi connectivity index (χ4n) is 7.25. The SMILES string of the molecule is C[C@@]12CCCN1C[C@@H](c1cc(F)cc(F)c1)N(CC(=O)Nc1ccc3c(c1)C[C@@]1(C3)C(=O)Nc3ncccc31)C2=O. The van der Waals surface area contributed by atoms with Crippen LogP contribution in [0.4, 0.5) is 20.3 Å². The van der Waals surface area contributed by atoms with Gasteiger partial charge >= 0.3 is 0 Å². The highest BCUT2D eigenvalue weighted by molar-refractivity contribution is 6.06. The molecule has 7 rings (SSSR count). The Morgan fingerprint density at radius 1 is 1.10 bits per heavy atom. The van der Waals surface area contributed by atoms with Crippen LogP contribution in [0.1, 0.15) is 48.1 Å². The van der Waals surface area contributed by atoms with Crippen molar-refractivity contribution in [3.05, 3.63) is 88.6 Å². The summed E-state index contributed by atoms with van der Waals surface area (Å²) < 4.78 is 28.3. The van der Waals surface area contributed by atoms with Gasteiger partial charge in [-0.15, -0.1) is 0 Å². The topological polar surface area (TPSA) is 94.6 Å². The monoisotopic (exact) mass is 557 g/mol. The van der Waals surface area contributed by atoms with Crippen molar-refractivity contribution in [2.24, 2.45) is 0 Å². The number of benzene rings is 2. The molecule has 10 heteroatoms. The number of nitrogens with one attached hydrogen (secondary N) is 2. The summed E-state index contributed by atoms with van der Waals surface area (Å²) in [7, 11) is 0. The van der Waals surface area contributed by atoms with Gasteiger partial charge in [0.15, 0.2) is 0 Å². The van der Waals surface area contributed by atoms with E-state index in [0.29, 0.717) is 49.4 Å². The molecule has 0 unspecified atom stereocenters. The van der Waals surface area contributed by atoms with Gasteiger partial charge in [0.25, 0.3) is 0 Å². The molecular weight excluding hydrogens is 528 g/mol. The lowest BCUT2D eigenvalue weighted by Gasteiger charge is -2.48. The predicted octanol–water partition coefficient (Wildman–Crippen LogP) is 3.73. The standard InChI is InChI=1S/C31H29F2N5O3/c1-30-7-3-9-37(30)16-25(19-10-21(32)13-22(33)11-19)38(29(30)41)17-26(39)35-23-6-5-18-14-31(15-20(18)12-23)24-4-2-8-34-27(24)36-28(31)40/h2,4-6,8,10-13,25H,3,7,9,14-17H2,1H3,(H,35,39)(H,34,36,40)/t25-,30-,31+/m0/s1. The van der Waals surface area contributed by atoms with Gasteiger partial charge in [-0.1, -0.05) is 12.1 Å². The van der Waals surface area contributed by atoms with Crippen LogP contribution < -0.4 is 10.6 Å². The second kappa shape index (κ2) is 9.17. The number of anilines is 2. The second-order valence-corrected chi connectivity index (χ2v) is 11.8. The van der Waals surface area contributed by atoms with Crippen LogP contribution in [-0.2, 0) is 32.6 Å². The summed E-state index contributed by atoms with van der Waals surface area (Å²) in [6.07, 6.45) is 4.18. The van der Waals surface area contributed by atoms with Crippen LogP contribution in [0.25, 0.3) is 0 Å². The molecule has 2 saturated heterocycles. The Morgan fingerprint density at radius 2 is 1.88 bits per heavy atom. The Bertz CT molecular complexity index is 1610. The van der Waals surface area contributed by atoms with Crippen molar-refractivity contribution in [3.63, 3.8) is 0 Å². The summed E-state index contributed by atoms with van der Waals surface area (Å²) in [6, 6.07) is 11.9. The molecule has 8 nitrogen and oxygen atoms in total. The first-order chi connectivity index (χ1) is 19.7. The molecule has 4 heterocycles. The number of carbonyl (C=O) groups excluding carboxylic acids is 3. The summed E-state index contributed by atoms with van der Waals surface area (Å²) in [5.41, 5.74) is 2.29. The average Bonchev–Trinajstić information content (AvgIpc) is 3.59. The Labute approximate surface area is 235 Å². The first kappa shape index (κ1) is 25.8. The molecule has 1 aliphatic carbocycles. The lowest BCUT2D eigenvalue weighted by molar-refractivity contribution is -0.154. The molecule has 41 heavy (non-hydrogen) atoms. The van der Waals surface area contributed by atoms with Crippen LogP contribution in [0.3, 0.4) is 0 Å². The van der Waals surface area contributed by atoms with Crippen molar-refractivity contribution in [2.45, 2.75) is 49.6 Å². The molecule has 0 bridgehead atoms. The molecule has 4 aliphatic rings. The van der Waals surface area contributed by atoms with Crippen LogP contribution in [0.2, 0.25) is 0 Å². The maximum atomic E-state index is 14.2. The zero-order valence-corrected chi connectivity index (χ0v) is 22.5. The van der Waals surface area contributed by atoms with E-state index in [4.69, 9.17) is 0 Å². The van der Waals surface area contributed by atoms with Crippen molar-refractivity contribution in [3.8, 4) is 0 Å². The molecule has 3 aliphatic heterocycles. The molecule has 3 atom stereocenters. The van der Waals surface area contributed by atoms with Crippen molar-refractivity contribution in [1.29, 1.82) is 0 Å². The van der Waals surface area contributed by atoms with Crippen LogP contribution in [0.5, 0.6) is 0 Å².